The van der Waals surface area contributed by atoms with Gasteiger partial charge >= 0.3 is 0 Å². The molecule has 0 aromatic heterocycles. The molecule has 6 nitrogen and oxygen atoms in total. The van der Waals surface area contributed by atoms with Crippen molar-refractivity contribution in [3.63, 3.8) is 0 Å². The van der Waals surface area contributed by atoms with Gasteiger partial charge in [0.1, 0.15) is 0 Å². The summed E-state index contributed by atoms with van der Waals surface area (Å²) in [6.07, 6.45) is 1.22. The lowest BCUT2D eigenvalue weighted by atomic mass is 10.1. The van der Waals surface area contributed by atoms with Gasteiger partial charge in [-0.2, -0.15) is 0 Å². The largest absolute Gasteiger partial charge is 0.330 e. The molecule has 3 N–H and O–H groups in total. The monoisotopic (exact) mass is 332 g/mol. The highest BCUT2D eigenvalue weighted by Crippen LogP contribution is 2.18. The molecule has 8 heteroatoms. The van der Waals surface area contributed by atoms with E-state index in [0.29, 0.717) is 19.4 Å². The lowest BCUT2D eigenvalue weighted by Crippen LogP contribution is -2.30. The Kier molecular flexibility index (Phi) is 5.03. The van der Waals surface area contributed by atoms with Gasteiger partial charge in [-0.25, -0.2) is 21.6 Å². The van der Waals surface area contributed by atoms with E-state index in [9.17, 15) is 16.8 Å². The molecule has 1 aromatic rings. The van der Waals surface area contributed by atoms with Crippen LogP contribution in [0, 0.1) is 5.92 Å². The van der Waals surface area contributed by atoms with Crippen LogP contribution in [0.5, 0.6) is 0 Å². The van der Waals surface area contributed by atoms with E-state index < -0.39 is 19.9 Å². The molecular weight excluding hydrogens is 312 g/mol. The summed E-state index contributed by atoms with van der Waals surface area (Å²) in [4.78, 5) is 0.184. The fourth-order valence-corrected chi connectivity index (χ4v) is 5.32. The molecule has 1 aromatic carbocycles. The fourth-order valence-electron chi connectivity index (χ4n) is 2.35. The second-order valence-corrected chi connectivity index (χ2v) is 9.30. The van der Waals surface area contributed by atoms with Crippen LogP contribution in [-0.4, -0.2) is 41.4 Å². The van der Waals surface area contributed by atoms with E-state index in [1.54, 1.807) is 24.3 Å². The number of hydrogen-bond acceptors (Lipinski definition) is 5. The number of sulfonamides is 1. The standard InChI is InChI=1S/C13H20N2O4S2/c14-7-5-11-1-3-13(4-2-11)21(18,19)15-9-12-6-8-20(16,17)10-12/h1-4,12,15H,5-10,14H2. The van der Waals surface area contributed by atoms with Crippen molar-refractivity contribution in [2.45, 2.75) is 17.7 Å². The van der Waals surface area contributed by atoms with Crippen molar-refractivity contribution in [3.05, 3.63) is 29.8 Å². The third-order valence-corrected chi connectivity index (χ3v) is 6.83. The van der Waals surface area contributed by atoms with E-state index in [1.165, 1.54) is 0 Å². The summed E-state index contributed by atoms with van der Waals surface area (Å²) in [5, 5.41) is 0. The van der Waals surface area contributed by atoms with Crippen LogP contribution >= 0.6 is 0 Å². The van der Waals surface area contributed by atoms with Crippen LogP contribution in [0.1, 0.15) is 12.0 Å². The van der Waals surface area contributed by atoms with Crippen LogP contribution in [0.15, 0.2) is 29.2 Å². The Labute approximate surface area is 125 Å². The van der Waals surface area contributed by atoms with Gasteiger partial charge in [0.05, 0.1) is 16.4 Å². The average Bonchev–Trinajstić information content (AvgIpc) is 2.77. The molecule has 1 heterocycles. The average molecular weight is 332 g/mol. The van der Waals surface area contributed by atoms with Gasteiger partial charge in [0, 0.05) is 6.54 Å². The smallest absolute Gasteiger partial charge is 0.240 e. The third-order valence-electron chi connectivity index (χ3n) is 3.56. The number of hydrogen-bond donors (Lipinski definition) is 2. The molecule has 0 radical (unpaired) electrons. The molecule has 118 valence electrons. The Bertz CT molecular complexity index is 681. The number of rotatable bonds is 6. The van der Waals surface area contributed by atoms with Gasteiger partial charge in [0.25, 0.3) is 0 Å². The molecule has 0 bridgehead atoms. The van der Waals surface area contributed by atoms with Gasteiger partial charge in [0.15, 0.2) is 9.84 Å². The van der Waals surface area contributed by atoms with Crippen molar-refractivity contribution in [2.24, 2.45) is 11.7 Å². The molecule has 2 rings (SSSR count). The van der Waals surface area contributed by atoms with E-state index in [1.807, 2.05) is 0 Å². The second kappa shape index (κ2) is 6.43. The Balaban J connectivity index is 1.98. The number of sulfone groups is 1. The molecule has 0 amide bonds. The molecule has 1 aliphatic heterocycles. The van der Waals surface area contributed by atoms with Crippen molar-refractivity contribution in [2.75, 3.05) is 24.6 Å². The summed E-state index contributed by atoms with van der Waals surface area (Å²) in [5.41, 5.74) is 6.43. The minimum atomic E-state index is -3.59. The summed E-state index contributed by atoms with van der Waals surface area (Å²) in [6.45, 7) is 0.673. The van der Waals surface area contributed by atoms with E-state index >= 15 is 0 Å². The summed E-state index contributed by atoms with van der Waals surface area (Å²) in [7, 11) is -6.58. The summed E-state index contributed by atoms with van der Waals surface area (Å²) in [6, 6.07) is 6.56. The number of benzene rings is 1. The van der Waals surface area contributed by atoms with E-state index in [2.05, 4.69) is 4.72 Å². The topological polar surface area (TPSA) is 106 Å². The molecule has 0 spiro atoms. The van der Waals surface area contributed by atoms with Crippen LogP contribution < -0.4 is 10.5 Å². The van der Waals surface area contributed by atoms with Crippen LogP contribution in [0.3, 0.4) is 0 Å². The van der Waals surface area contributed by atoms with Crippen LogP contribution in [0.4, 0.5) is 0 Å². The highest BCUT2D eigenvalue weighted by molar-refractivity contribution is 7.91. The molecule has 1 saturated heterocycles. The normalized spacial score (nSPS) is 21.5. The maximum absolute atomic E-state index is 12.1. The Morgan fingerprint density at radius 2 is 1.90 bits per heavy atom. The minimum absolute atomic E-state index is 0.0605. The predicted molar refractivity (Wildman–Crippen MR) is 81.1 cm³/mol. The summed E-state index contributed by atoms with van der Waals surface area (Å²) in [5.74, 6) is 0.0688. The van der Waals surface area contributed by atoms with Crippen molar-refractivity contribution < 1.29 is 16.8 Å². The number of nitrogens with one attached hydrogen (secondary N) is 1. The molecule has 1 atom stereocenters. The summed E-state index contributed by atoms with van der Waals surface area (Å²) >= 11 is 0. The zero-order valence-electron chi connectivity index (χ0n) is 11.7. The van der Waals surface area contributed by atoms with E-state index in [-0.39, 0.29) is 28.9 Å². The first-order valence-electron chi connectivity index (χ1n) is 6.81. The molecule has 21 heavy (non-hydrogen) atoms. The first-order chi connectivity index (χ1) is 9.82. The highest BCUT2D eigenvalue weighted by atomic mass is 32.2. The van der Waals surface area contributed by atoms with Crippen molar-refractivity contribution in [1.29, 1.82) is 0 Å². The predicted octanol–water partition coefficient (Wildman–Crippen LogP) is -0.0992. The van der Waals surface area contributed by atoms with Gasteiger partial charge in [0.2, 0.25) is 10.0 Å². The Morgan fingerprint density at radius 1 is 1.24 bits per heavy atom. The van der Waals surface area contributed by atoms with Gasteiger partial charge in [-0.15, -0.1) is 0 Å². The Morgan fingerprint density at radius 3 is 2.43 bits per heavy atom. The third kappa shape index (κ3) is 4.50. The first kappa shape index (κ1) is 16.4. The lowest BCUT2D eigenvalue weighted by Gasteiger charge is -2.11. The number of nitrogens with two attached hydrogens (primary N) is 1. The molecular formula is C13H20N2O4S2. The molecule has 1 fully saturated rings. The fraction of sp³-hybridized carbons (Fsp3) is 0.538. The first-order valence-corrected chi connectivity index (χ1v) is 10.1. The molecule has 1 unspecified atom stereocenters. The lowest BCUT2D eigenvalue weighted by molar-refractivity contribution is 0.543. The maximum Gasteiger partial charge on any atom is 0.240 e. The Hall–Kier alpha value is -0.960. The molecule has 0 saturated carbocycles. The molecule has 0 aliphatic carbocycles. The zero-order valence-corrected chi connectivity index (χ0v) is 13.3. The second-order valence-electron chi connectivity index (χ2n) is 5.30. The van der Waals surface area contributed by atoms with Gasteiger partial charge in [-0.1, -0.05) is 12.1 Å². The molecule has 1 aliphatic rings. The van der Waals surface area contributed by atoms with Crippen molar-refractivity contribution in [1.82, 2.24) is 4.72 Å². The van der Waals surface area contributed by atoms with Crippen LogP contribution in [0.25, 0.3) is 0 Å². The van der Waals surface area contributed by atoms with E-state index in [4.69, 9.17) is 5.73 Å². The zero-order chi connectivity index (χ0) is 15.5. The summed E-state index contributed by atoms with van der Waals surface area (Å²) < 4.78 is 49.5. The van der Waals surface area contributed by atoms with E-state index in [0.717, 1.165) is 5.56 Å². The van der Waals surface area contributed by atoms with Crippen molar-refractivity contribution >= 4 is 19.9 Å². The quantitative estimate of drug-likeness (QED) is 0.757. The highest BCUT2D eigenvalue weighted by Gasteiger charge is 2.28. The van der Waals surface area contributed by atoms with Crippen LogP contribution in [0.2, 0.25) is 0 Å². The minimum Gasteiger partial charge on any atom is -0.330 e. The maximum atomic E-state index is 12.1. The van der Waals surface area contributed by atoms with Gasteiger partial charge in [-0.05, 0) is 43.0 Å². The van der Waals surface area contributed by atoms with Crippen LogP contribution in [-0.2, 0) is 26.3 Å². The van der Waals surface area contributed by atoms with Crippen molar-refractivity contribution in [3.8, 4) is 0 Å². The SMILES string of the molecule is NCCc1ccc(S(=O)(=O)NCC2CCS(=O)(=O)C2)cc1. The van der Waals surface area contributed by atoms with Gasteiger partial charge < -0.3 is 5.73 Å². The van der Waals surface area contributed by atoms with Gasteiger partial charge in [-0.3, -0.25) is 0 Å².